The van der Waals surface area contributed by atoms with Crippen LogP contribution in [0.1, 0.15) is 12.8 Å². The summed E-state index contributed by atoms with van der Waals surface area (Å²) in [6.45, 7) is 0. The molecule has 1 fully saturated rings. The zero-order valence-corrected chi connectivity index (χ0v) is 7.84. The van der Waals surface area contributed by atoms with Crippen LogP contribution < -0.4 is 10.5 Å². The number of hydrogen-bond acceptors (Lipinski definition) is 4. The summed E-state index contributed by atoms with van der Waals surface area (Å²) in [6, 6.07) is 3.40. The lowest BCUT2D eigenvalue weighted by Crippen LogP contribution is -2.37. The Kier molecular flexibility index (Phi) is 2.65. The van der Waals surface area contributed by atoms with Crippen LogP contribution in [-0.2, 0) is 0 Å². The first-order valence-corrected chi connectivity index (χ1v) is 4.77. The van der Waals surface area contributed by atoms with Crippen molar-refractivity contribution < 1.29 is 9.84 Å². The van der Waals surface area contributed by atoms with Gasteiger partial charge in [-0.1, -0.05) is 0 Å². The zero-order valence-electron chi connectivity index (χ0n) is 7.84. The Morgan fingerprint density at radius 1 is 1.36 bits per heavy atom. The first-order valence-electron chi connectivity index (χ1n) is 4.77. The molecular weight excluding hydrogens is 180 g/mol. The molecule has 1 heterocycles. The molecule has 1 aliphatic carbocycles. The van der Waals surface area contributed by atoms with Crippen molar-refractivity contribution >= 4 is 0 Å². The van der Waals surface area contributed by atoms with Gasteiger partial charge in [0.1, 0.15) is 18.0 Å². The topological polar surface area (TPSA) is 68.4 Å². The number of ether oxygens (including phenoxy) is 1. The minimum atomic E-state index is -0.553. The molecule has 3 unspecified atom stereocenters. The Labute approximate surface area is 82.7 Å². The molecule has 1 aromatic heterocycles. The van der Waals surface area contributed by atoms with E-state index in [1.54, 1.807) is 24.5 Å². The third-order valence-electron chi connectivity index (χ3n) is 2.54. The predicted octanol–water partition coefficient (Wildman–Crippen LogP) is 0.311. The molecule has 1 saturated carbocycles. The summed E-state index contributed by atoms with van der Waals surface area (Å²) in [5.74, 6) is 0.734. The van der Waals surface area contributed by atoms with Gasteiger partial charge in [-0.05, 0) is 25.0 Å². The maximum Gasteiger partial charge on any atom is 0.126 e. The van der Waals surface area contributed by atoms with Gasteiger partial charge in [-0.3, -0.25) is 4.98 Å². The summed E-state index contributed by atoms with van der Waals surface area (Å²) < 4.78 is 5.59. The van der Waals surface area contributed by atoms with E-state index in [9.17, 15) is 5.11 Å². The van der Waals surface area contributed by atoms with E-state index in [0.717, 1.165) is 18.6 Å². The molecule has 76 valence electrons. The van der Waals surface area contributed by atoms with Crippen LogP contribution in [0.15, 0.2) is 24.5 Å². The molecule has 2 rings (SSSR count). The molecule has 0 amide bonds. The molecular formula is C10H14N2O2. The number of pyridine rings is 1. The number of hydrogen-bond donors (Lipinski definition) is 2. The standard InChI is InChI=1S/C10H14N2O2/c11-8-1-2-9(10(8)13)14-7-3-5-12-6-4-7/h3-6,8-10,13H,1-2,11H2. The summed E-state index contributed by atoms with van der Waals surface area (Å²) >= 11 is 0. The molecule has 0 spiro atoms. The van der Waals surface area contributed by atoms with Crippen LogP contribution in [-0.4, -0.2) is 28.3 Å². The first-order chi connectivity index (χ1) is 6.77. The monoisotopic (exact) mass is 194 g/mol. The fraction of sp³-hybridized carbons (Fsp3) is 0.500. The Balaban J connectivity index is 1.99. The van der Waals surface area contributed by atoms with E-state index >= 15 is 0 Å². The summed E-state index contributed by atoms with van der Waals surface area (Å²) in [5, 5.41) is 9.65. The van der Waals surface area contributed by atoms with Crippen LogP contribution in [0, 0.1) is 0 Å². The highest BCUT2D eigenvalue weighted by molar-refractivity contribution is 5.17. The van der Waals surface area contributed by atoms with E-state index < -0.39 is 6.10 Å². The highest BCUT2D eigenvalue weighted by Crippen LogP contribution is 2.23. The number of rotatable bonds is 2. The summed E-state index contributed by atoms with van der Waals surface area (Å²) in [7, 11) is 0. The lowest BCUT2D eigenvalue weighted by molar-refractivity contribution is 0.0521. The number of aromatic nitrogens is 1. The molecule has 0 bridgehead atoms. The van der Waals surface area contributed by atoms with Gasteiger partial charge in [-0.2, -0.15) is 0 Å². The van der Waals surface area contributed by atoms with Crippen molar-refractivity contribution in [2.24, 2.45) is 5.73 Å². The molecule has 0 aromatic carbocycles. The van der Waals surface area contributed by atoms with Gasteiger partial charge in [-0.25, -0.2) is 0 Å². The average molecular weight is 194 g/mol. The van der Waals surface area contributed by atoms with Crippen LogP contribution >= 0.6 is 0 Å². The number of aliphatic hydroxyl groups is 1. The lowest BCUT2D eigenvalue weighted by Gasteiger charge is -2.18. The van der Waals surface area contributed by atoms with E-state index in [4.69, 9.17) is 10.5 Å². The second-order valence-corrected chi connectivity index (χ2v) is 3.57. The van der Waals surface area contributed by atoms with Gasteiger partial charge in [0.25, 0.3) is 0 Å². The summed E-state index contributed by atoms with van der Waals surface area (Å²) in [6.07, 6.45) is 4.23. The molecule has 0 radical (unpaired) electrons. The molecule has 0 saturated heterocycles. The lowest BCUT2D eigenvalue weighted by atomic mass is 10.2. The van der Waals surface area contributed by atoms with Crippen LogP contribution in [0.25, 0.3) is 0 Å². The van der Waals surface area contributed by atoms with Crippen molar-refractivity contribution in [2.45, 2.75) is 31.1 Å². The molecule has 1 aromatic rings. The molecule has 1 aliphatic rings. The smallest absolute Gasteiger partial charge is 0.126 e. The number of nitrogens with zero attached hydrogens (tertiary/aromatic N) is 1. The van der Waals surface area contributed by atoms with Gasteiger partial charge in [0.15, 0.2) is 0 Å². The summed E-state index contributed by atoms with van der Waals surface area (Å²) in [5.41, 5.74) is 5.68. The minimum Gasteiger partial charge on any atom is -0.488 e. The number of aliphatic hydroxyl groups excluding tert-OH is 1. The van der Waals surface area contributed by atoms with Crippen molar-refractivity contribution in [1.82, 2.24) is 4.98 Å². The minimum absolute atomic E-state index is 0.151. The zero-order chi connectivity index (χ0) is 9.97. The van der Waals surface area contributed by atoms with Gasteiger partial charge in [-0.15, -0.1) is 0 Å². The van der Waals surface area contributed by atoms with Gasteiger partial charge in [0.2, 0.25) is 0 Å². The maximum atomic E-state index is 9.65. The van der Waals surface area contributed by atoms with E-state index in [2.05, 4.69) is 4.98 Å². The largest absolute Gasteiger partial charge is 0.488 e. The normalized spacial score (nSPS) is 31.7. The summed E-state index contributed by atoms with van der Waals surface area (Å²) in [4.78, 5) is 3.89. The quantitative estimate of drug-likeness (QED) is 0.711. The Bertz CT molecular complexity index is 291. The fourth-order valence-corrected chi connectivity index (χ4v) is 1.69. The Morgan fingerprint density at radius 3 is 2.64 bits per heavy atom. The maximum absolute atomic E-state index is 9.65. The second kappa shape index (κ2) is 3.94. The van der Waals surface area contributed by atoms with Crippen molar-refractivity contribution in [3.63, 3.8) is 0 Å². The Hall–Kier alpha value is -1.13. The highest BCUT2D eigenvalue weighted by atomic mass is 16.5. The van der Waals surface area contributed by atoms with E-state index in [-0.39, 0.29) is 12.1 Å². The first kappa shape index (κ1) is 9.43. The van der Waals surface area contributed by atoms with Crippen molar-refractivity contribution in [2.75, 3.05) is 0 Å². The average Bonchev–Trinajstić information content (AvgIpc) is 2.52. The molecule has 14 heavy (non-hydrogen) atoms. The predicted molar refractivity (Wildman–Crippen MR) is 51.9 cm³/mol. The molecule has 3 atom stereocenters. The second-order valence-electron chi connectivity index (χ2n) is 3.57. The van der Waals surface area contributed by atoms with E-state index in [0.29, 0.717) is 0 Å². The van der Waals surface area contributed by atoms with Gasteiger partial charge in [0, 0.05) is 18.4 Å². The molecule has 3 N–H and O–H groups in total. The van der Waals surface area contributed by atoms with Crippen molar-refractivity contribution in [1.29, 1.82) is 0 Å². The van der Waals surface area contributed by atoms with Crippen molar-refractivity contribution in [3.05, 3.63) is 24.5 Å². The van der Waals surface area contributed by atoms with Crippen LogP contribution in [0.2, 0.25) is 0 Å². The van der Waals surface area contributed by atoms with Gasteiger partial charge in [0.05, 0.1) is 0 Å². The van der Waals surface area contributed by atoms with Gasteiger partial charge >= 0.3 is 0 Å². The Morgan fingerprint density at radius 2 is 2.07 bits per heavy atom. The van der Waals surface area contributed by atoms with Crippen LogP contribution in [0.5, 0.6) is 5.75 Å². The third kappa shape index (κ3) is 1.86. The van der Waals surface area contributed by atoms with Crippen LogP contribution in [0.4, 0.5) is 0 Å². The molecule has 0 aliphatic heterocycles. The van der Waals surface area contributed by atoms with Crippen molar-refractivity contribution in [3.8, 4) is 5.75 Å². The van der Waals surface area contributed by atoms with E-state index in [1.807, 2.05) is 0 Å². The van der Waals surface area contributed by atoms with E-state index in [1.165, 1.54) is 0 Å². The molecule has 4 nitrogen and oxygen atoms in total. The third-order valence-corrected chi connectivity index (χ3v) is 2.54. The van der Waals surface area contributed by atoms with Crippen LogP contribution in [0.3, 0.4) is 0 Å². The van der Waals surface area contributed by atoms with Gasteiger partial charge < -0.3 is 15.6 Å². The number of nitrogens with two attached hydrogens (primary N) is 1. The fourth-order valence-electron chi connectivity index (χ4n) is 1.69. The highest BCUT2D eigenvalue weighted by Gasteiger charge is 2.33. The molecule has 4 heteroatoms. The SMILES string of the molecule is NC1CCC(Oc2ccncc2)C1O.